The van der Waals surface area contributed by atoms with Crippen molar-refractivity contribution in [2.75, 3.05) is 6.54 Å². The fourth-order valence-electron chi connectivity index (χ4n) is 2.50. The molecule has 0 saturated heterocycles. The van der Waals surface area contributed by atoms with Gasteiger partial charge in [0.15, 0.2) is 0 Å². The van der Waals surface area contributed by atoms with Gasteiger partial charge in [0.05, 0.1) is 17.8 Å². The van der Waals surface area contributed by atoms with Crippen LogP contribution in [-0.2, 0) is 4.84 Å². The van der Waals surface area contributed by atoms with Crippen molar-refractivity contribution < 1.29 is 9.63 Å². The fourth-order valence-corrected chi connectivity index (χ4v) is 2.50. The number of hydrogen-bond acceptors (Lipinski definition) is 4. The summed E-state index contributed by atoms with van der Waals surface area (Å²) in [5.74, 6) is -0.235. The Morgan fingerprint density at radius 3 is 2.91 bits per heavy atom. The Labute approximate surface area is 127 Å². The lowest BCUT2D eigenvalue weighted by molar-refractivity contribution is 0.0754. The standard InChI is InChI=1S/C16H17N3O3/c1-2-10-7-11(22-19-10)8-17-16(21)14-9-18-15(20)13-6-4-3-5-12(13)14/h3-6,9,11H,2,7-8H2,1H3,(H,17,21)(H,18,20)/t11-/m0/s1. The predicted octanol–water partition coefficient (Wildman–Crippen LogP) is 1.81. The lowest BCUT2D eigenvalue weighted by Crippen LogP contribution is -2.32. The van der Waals surface area contributed by atoms with E-state index in [4.69, 9.17) is 4.84 Å². The molecular formula is C16H17N3O3. The van der Waals surface area contributed by atoms with E-state index in [9.17, 15) is 9.59 Å². The Balaban J connectivity index is 1.74. The molecule has 114 valence electrons. The molecule has 6 nitrogen and oxygen atoms in total. The maximum atomic E-state index is 12.4. The van der Waals surface area contributed by atoms with E-state index in [-0.39, 0.29) is 17.6 Å². The molecule has 1 aliphatic rings. The molecule has 2 N–H and O–H groups in total. The van der Waals surface area contributed by atoms with Crippen LogP contribution in [0, 0.1) is 0 Å². The van der Waals surface area contributed by atoms with Crippen molar-refractivity contribution in [2.45, 2.75) is 25.9 Å². The number of oxime groups is 1. The van der Waals surface area contributed by atoms with Crippen LogP contribution in [0.2, 0.25) is 0 Å². The van der Waals surface area contributed by atoms with E-state index in [1.807, 2.05) is 6.92 Å². The SMILES string of the molecule is CCC1=NO[C@H](CNC(=O)c2c[nH]c(=O)c3ccccc23)C1. The van der Waals surface area contributed by atoms with Gasteiger partial charge in [0.1, 0.15) is 6.10 Å². The minimum absolute atomic E-state index is 0.118. The minimum Gasteiger partial charge on any atom is -0.390 e. The molecule has 0 aliphatic carbocycles. The molecule has 1 aromatic carbocycles. The molecule has 2 aromatic rings. The third-order valence-electron chi connectivity index (χ3n) is 3.75. The van der Waals surface area contributed by atoms with E-state index in [0.29, 0.717) is 22.9 Å². The van der Waals surface area contributed by atoms with Crippen molar-refractivity contribution in [2.24, 2.45) is 5.16 Å². The summed E-state index contributed by atoms with van der Waals surface area (Å²) in [7, 11) is 0. The molecule has 1 aliphatic heterocycles. The van der Waals surface area contributed by atoms with Crippen molar-refractivity contribution in [3.05, 3.63) is 46.4 Å². The Morgan fingerprint density at radius 2 is 2.18 bits per heavy atom. The number of aromatic amines is 1. The van der Waals surface area contributed by atoms with E-state index in [0.717, 1.165) is 18.6 Å². The first kappa shape index (κ1) is 14.3. The monoisotopic (exact) mass is 299 g/mol. The van der Waals surface area contributed by atoms with Crippen LogP contribution in [0.4, 0.5) is 0 Å². The molecule has 1 amide bonds. The van der Waals surface area contributed by atoms with E-state index >= 15 is 0 Å². The molecule has 2 heterocycles. The summed E-state index contributed by atoms with van der Waals surface area (Å²) in [5.41, 5.74) is 1.26. The number of hydrogen-bond donors (Lipinski definition) is 2. The normalized spacial score (nSPS) is 17.1. The number of carbonyl (C=O) groups excluding carboxylic acids is 1. The van der Waals surface area contributed by atoms with Crippen molar-refractivity contribution in [3.8, 4) is 0 Å². The summed E-state index contributed by atoms with van der Waals surface area (Å²) in [6.45, 7) is 2.41. The van der Waals surface area contributed by atoms with Gasteiger partial charge >= 0.3 is 0 Å². The summed E-state index contributed by atoms with van der Waals surface area (Å²) in [6, 6.07) is 7.05. The van der Waals surface area contributed by atoms with Crippen molar-refractivity contribution in [3.63, 3.8) is 0 Å². The first-order valence-electron chi connectivity index (χ1n) is 7.29. The zero-order valence-corrected chi connectivity index (χ0v) is 12.3. The van der Waals surface area contributed by atoms with Crippen LogP contribution in [0.5, 0.6) is 0 Å². The Hall–Kier alpha value is -2.63. The molecule has 6 heteroatoms. The molecule has 1 aromatic heterocycles. The van der Waals surface area contributed by atoms with Gasteiger partial charge in [-0.05, 0) is 12.5 Å². The van der Waals surface area contributed by atoms with Gasteiger partial charge in [-0.3, -0.25) is 9.59 Å². The summed E-state index contributed by atoms with van der Waals surface area (Å²) in [6.07, 6.45) is 2.93. The number of nitrogens with zero attached hydrogens (tertiary/aromatic N) is 1. The van der Waals surface area contributed by atoms with Crippen LogP contribution in [0.3, 0.4) is 0 Å². The number of amides is 1. The lowest BCUT2D eigenvalue weighted by atomic mass is 10.1. The predicted molar refractivity (Wildman–Crippen MR) is 84.1 cm³/mol. The number of nitrogens with one attached hydrogen (secondary N) is 2. The number of carbonyl (C=O) groups is 1. The van der Waals surface area contributed by atoms with Crippen molar-refractivity contribution in [1.29, 1.82) is 0 Å². The Bertz CT molecular complexity index is 795. The van der Waals surface area contributed by atoms with Gasteiger partial charge in [-0.15, -0.1) is 0 Å². The second kappa shape index (κ2) is 6.01. The van der Waals surface area contributed by atoms with Gasteiger partial charge in [-0.2, -0.15) is 0 Å². The molecule has 0 saturated carbocycles. The molecule has 3 rings (SSSR count). The lowest BCUT2D eigenvalue weighted by Gasteiger charge is -2.11. The van der Waals surface area contributed by atoms with Crippen molar-refractivity contribution >= 4 is 22.4 Å². The maximum Gasteiger partial charge on any atom is 0.255 e. The largest absolute Gasteiger partial charge is 0.390 e. The number of pyridine rings is 1. The molecule has 1 atom stereocenters. The quantitative estimate of drug-likeness (QED) is 0.903. The smallest absolute Gasteiger partial charge is 0.255 e. The second-order valence-electron chi connectivity index (χ2n) is 5.23. The van der Waals surface area contributed by atoms with Gasteiger partial charge in [0.2, 0.25) is 0 Å². The number of aromatic nitrogens is 1. The van der Waals surface area contributed by atoms with E-state index in [1.165, 1.54) is 6.20 Å². The molecule has 0 spiro atoms. The van der Waals surface area contributed by atoms with Crippen LogP contribution in [0.1, 0.15) is 30.1 Å². The van der Waals surface area contributed by atoms with Gasteiger partial charge < -0.3 is 15.1 Å². The van der Waals surface area contributed by atoms with Gasteiger partial charge in [0.25, 0.3) is 11.5 Å². The molecular weight excluding hydrogens is 282 g/mol. The second-order valence-corrected chi connectivity index (χ2v) is 5.23. The first-order valence-corrected chi connectivity index (χ1v) is 7.29. The summed E-state index contributed by atoms with van der Waals surface area (Å²) in [4.78, 5) is 32.0. The molecule has 0 fully saturated rings. The van der Waals surface area contributed by atoms with Crippen LogP contribution >= 0.6 is 0 Å². The van der Waals surface area contributed by atoms with Gasteiger partial charge in [-0.1, -0.05) is 30.3 Å². The summed E-state index contributed by atoms with van der Waals surface area (Å²) in [5, 5.41) is 7.95. The number of benzene rings is 1. The minimum atomic E-state index is -0.235. The van der Waals surface area contributed by atoms with Crippen LogP contribution < -0.4 is 10.9 Å². The highest BCUT2D eigenvalue weighted by Gasteiger charge is 2.21. The van der Waals surface area contributed by atoms with E-state index < -0.39 is 0 Å². The van der Waals surface area contributed by atoms with Crippen LogP contribution in [0.25, 0.3) is 10.8 Å². The molecule has 0 radical (unpaired) electrons. The van der Waals surface area contributed by atoms with Crippen LogP contribution in [-0.4, -0.2) is 29.3 Å². The number of H-pyrrole nitrogens is 1. The van der Waals surface area contributed by atoms with Crippen LogP contribution in [0.15, 0.2) is 40.4 Å². The maximum absolute atomic E-state index is 12.4. The topological polar surface area (TPSA) is 83.5 Å². The van der Waals surface area contributed by atoms with Gasteiger partial charge in [0, 0.05) is 23.4 Å². The van der Waals surface area contributed by atoms with E-state index in [1.54, 1.807) is 24.3 Å². The van der Waals surface area contributed by atoms with Gasteiger partial charge in [-0.25, -0.2) is 0 Å². The number of rotatable bonds is 4. The highest BCUT2D eigenvalue weighted by Crippen LogP contribution is 2.15. The summed E-state index contributed by atoms with van der Waals surface area (Å²) < 4.78 is 0. The third kappa shape index (κ3) is 2.72. The zero-order chi connectivity index (χ0) is 15.5. The Morgan fingerprint density at radius 1 is 1.41 bits per heavy atom. The van der Waals surface area contributed by atoms with E-state index in [2.05, 4.69) is 15.5 Å². The highest BCUT2D eigenvalue weighted by molar-refractivity contribution is 6.06. The fraction of sp³-hybridized carbons (Fsp3) is 0.312. The zero-order valence-electron chi connectivity index (χ0n) is 12.3. The van der Waals surface area contributed by atoms with Crippen molar-refractivity contribution in [1.82, 2.24) is 10.3 Å². The third-order valence-corrected chi connectivity index (χ3v) is 3.75. The first-order chi connectivity index (χ1) is 10.7. The highest BCUT2D eigenvalue weighted by atomic mass is 16.6. The molecule has 0 unspecified atom stereocenters. The average Bonchev–Trinajstić information content (AvgIpc) is 3.01. The molecule has 0 bridgehead atoms. The summed E-state index contributed by atoms with van der Waals surface area (Å²) >= 11 is 0. The molecule has 22 heavy (non-hydrogen) atoms. The number of fused-ring (bicyclic) bond motifs is 1. The average molecular weight is 299 g/mol. The Kier molecular flexibility index (Phi) is 3.91.